The molecule has 0 radical (unpaired) electrons. The number of nitrogens with one attached hydrogen (secondary N) is 1. The van der Waals surface area contributed by atoms with Crippen LogP contribution < -0.4 is 5.32 Å². The third kappa shape index (κ3) is 12.3. The molecule has 2 aliphatic rings. The van der Waals surface area contributed by atoms with Gasteiger partial charge < -0.3 is 10.2 Å². The van der Waals surface area contributed by atoms with Crippen LogP contribution in [0.4, 0.5) is 26.3 Å². The molecule has 2 atom stereocenters. The van der Waals surface area contributed by atoms with Crippen LogP contribution in [0, 0.1) is 0 Å². The van der Waals surface area contributed by atoms with Crippen molar-refractivity contribution in [2.75, 3.05) is 25.1 Å². The van der Waals surface area contributed by atoms with E-state index in [1.807, 2.05) is 4.93 Å². The molecule has 4 aromatic carbocycles. The lowest BCUT2D eigenvalue weighted by Gasteiger charge is -2.31. The first-order valence-corrected chi connectivity index (χ1v) is 21.5. The average molecular weight is 1050 g/mol. The predicted molar refractivity (Wildman–Crippen MR) is 240 cm³/mol. The molecule has 0 bridgehead atoms. The van der Waals surface area contributed by atoms with Gasteiger partial charge in [-0.3, -0.25) is 19.6 Å². The van der Waals surface area contributed by atoms with E-state index in [1.54, 1.807) is 60.5 Å². The van der Waals surface area contributed by atoms with Crippen LogP contribution >= 0.6 is 81.4 Å². The molecule has 2 unspecified atom stereocenters. The Morgan fingerprint density at radius 1 is 0.667 bits per heavy atom. The highest BCUT2D eigenvalue weighted by atomic mass is 127. The van der Waals surface area contributed by atoms with Gasteiger partial charge in [0, 0.05) is 78.3 Å². The average Bonchev–Trinajstić information content (AvgIpc) is 3.83. The molecule has 0 spiro atoms. The van der Waals surface area contributed by atoms with Crippen molar-refractivity contribution in [3.63, 3.8) is 0 Å². The van der Waals surface area contributed by atoms with Crippen LogP contribution in [-0.2, 0) is 33.5 Å². The zero-order chi connectivity index (χ0) is 43.9. The Balaban J connectivity index is 0.000000303. The van der Waals surface area contributed by atoms with E-state index < -0.39 is 36.3 Å². The summed E-state index contributed by atoms with van der Waals surface area (Å²) in [6.07, 6.45) is -9.62. The molecule has 1 N–H and O–H groups in total. The molecule has 6 rings (SSSR count). The zero-order valence-electron chi connectivity index (χ0n) is 32.5. The van der Waals surface area contributed by atoms with Crippen LogP contribution in [0.1, 0.15) is 60.1 Å². The quantitative estimate of drug-likeness (QED) is 0.108. The summed E-state index contributed by atoms with van der Waals surface area (Å²) >= 11 is 26.0. The van der Waals surface area contributed by atoms with E-state index in [0.717, 1.165) is 11.1 Å². The molecule has 4 aromatic rings. The summed E-state index contributed by atoms with van der Waals surface area (Å²) in [6, 6.07) is 22.0. The molecular weight excluding hydrogens is 1010 g/mol. The summed E-state index contributed by atoms with van der Waals surface area (Å²) in [5.74, 6) is -0.219. The molecule has 0 aromatic heterocycles. The standard InChI is InChI=1S/C21H19Cl2F3N2O.C20H17Cl2F3N2O.CH3I.ClH/c1-13(29)28(2)11-14-3-5-15(6-4-14)19-10-20(12-27-19,21(24,25)26)16-7-17(22)9-18(23)8-16;1-12(28)26-10-13-2-4-14(5-3-13)18-9-19(11-27-18,20(23,24)25)15-6-16(21)8-17(22)7-15;1-2;/h3-9H,10-12H2,1-2H3;2-8H,9-11H2,1H3,(H,26,28);1H3;1H. The SMILES string of the molecule is CC(=O)N(C)Cc1ccc(C2=NCC(c3cc(Cl)cc(Cl)c3)(C(F)(F)F)C2)cc1.CC(=O)NCc1ccc(C2=NCC(c3cc(Cl)cc(Cl)c3)(C(F)(F)F)C2)cc1.CI.Cl. The topological polar surface area (TPSA) is 74.1 Å². The van der Waals surface area contributed by atoms with E-state index in [1.165, 1.54) is 50.2 Å². The molecule has 2 aliphatic heterocycles. The Morgan fingerprint density at radius 3 is 1.33 bits per heavy atom. The lowest BCUT2D eigenvalue weighted by Crippen LogP contribution is -2.43. The van der Waals surface area contributed by atoms with Gasteiger partial charge in [0.05, 0.1) is 13.1 Å². The largest absolute Gasteiger partial charge is 0.400 e. The van der Waals surface area contributed by atoms with Crippen molar-refractivity contribution in [2.45, 2.75) is 63.0 Å². The van der Waals surface area contributed by atoms with Gasteiger partial charge in [-0.2, -0.15) is 26.3 Å². The number of amides is 2. The number of hydrogen-bond donors (Lipinski definition) is 1. The third-order valence-electron chi connectivity index (χ3n) is 10.0. The van der Waals surface area contributed by atoms with E-state index in [4.69, 9.17) is 46.4 Å². The van der Waals surface area contributed by atoms with Crippen molar-refractivity contribution < 1.29 is 35.9 Å². The number of hydrogen-bond acceptors (Lipinski definition) is 4. The van der Waals surface area contributed by atoms with Crippen molar-refractivity contribution in [1.29, 1.82) is 0 Å². The molecule has 324 valence electrons. The molecular formula is C42H40Cl5F6IN4O2. The highest BCUT2D eigenvalue weighted by Gasteiger charge is 2.59. The number of carbonyl (C=O) groups excluding carboxylic acids is 2. The van der Waals surface area contributed by atoms with Crippen LogP contribution in [0.5, 0.6) is 0 Å². The minimum absolute atomic E-state index is 0. The lowest BCUT2D eigenvalue weighted by molar-refractivity contribution is -0.184. The Kier molecular flexibility index (Phi) is 18.2. The number of alkyl halides is 7. The number of halogens is 12. The maximum atomic E-state index is 14.1. The van der Waals surface area contributed by atoms with Gasteiger partial charge in [0.15, 0.2) is 0 Å². The van der Waals surface area contributed by atoms with E-state index in [0.29, 0.717) is 35.6 Å². The first-order chi connectivity index (χ1) is 27.6. The fourth-order valence-corrected chi connectivity index (χ4v) is 7.68. The van der Waals surface area contributed by atoms with E-state index in [9.17, 15) is 35.9 Å². The maximum absolute atomic E-state index is 14.1. The van der Waals surface area contributed by atoms with Crippen LogP contribution in [-0.4, -0.2) is 65.6 Å². The fraction of sp³-hybridized carbons (Fsp3) is 0.333. The van der Waals surface area contributed by atoms with Crippen LogP contribution in [0.3, 0.4) is 0 Å². The first-order valence-electron chi connectivity index (χ1n) is 17.8. The Labute approximate surface area is 384 Å². The summed E-state index contributed by atoms with van der Waals surface area (Å²) in [4.78, 5) is 34.3. The zero-order valence-corrected chi connectivity index (χ0v) is 38.5. The molecule has 0 saturated carbocycles. The maximum Gasteiger partial charge on any atom is 0.400 e. The molecule has 0 fully saturated rings. The van der Waals surface area contributed by atoms with Crippen LogP contribution in [0.2, 0.25) is 20.1 Å². The van der Waals surface area contributed by atoms with Gasteiger partial charge in [-0.25, -0.2) is 0 Å². The molecule has 6 nitrogen and oxygen atoms in total. The highest BCUT2D eigenvalue weighted by molar-refractivity contribution is 14.1. The van der Waals surface area contributed by atoms with E-state index >= 15 is 0 Å². The smallest absolute Gasteiger partial charge is 0.352 e. The molecule has 60 heavy (non-hydrogen) atoms. The summed E-state index contributed by atoms with van der Waals surface area (Å²) in [7, 11) is 1.69. The van der Waals surface area contributed by atoms with Crippen molar-refractivity contribution >= 4 is 105 Å². The minimum Gasteiger partial charge on any atom is -0.352 e. The minimum atomic E-state index is -4.52. The number of nitrogens with zero attached hydrogens (tertiary/aromatic N) is 3. The Hall–Kier alpha value is -3.08. The van der Waals surface area contributed by atoms with Crippen molar-refractivity contribution in [3.05, 3.63) is 138 Å². The normalized spacial score (nSPS) is 18.4. The molecule has 18 heteroatoms. The van der Waals surface area contributed by atoms with Crippen LogP contribution in [0.15, 0.2) is 94.9 Å². The summed E-state index contributed by atoms with van der Waals surface area (Å²) in [5, 5.41) is 3.29. The van der Waals surface area contributed by atoms with Gasteiger partial charge in [-0.05, 0) is 74.7 Å². The second kappa shape index (κ2) is 21.3. The molecule has 0 aliphatic carbocycles. The van der Waals surface area contributed by atoms with Gasteiger partial charge in [-0.1, -0.05) is 118 Å². The highest BCUT2D eigenvalue weighted by Crippen LogP contribution is 2.50. The first kappa shape index (κ1) is 51.3. The molecule has 2 heterocycles. The monoisotopic (exact) mass is 1050 g/mol. The number of benzene rings is 4. The fourth-order valence-electron chi connectivity index (χ4n) is 6.63. The van der Waals surface area contributed by atoms with Gasteiger partial charge in [0.1, 0.15) is 10.8 Å². The summed E-state index contributed by atoms with van der Waals surface area (Å²) in [6.45, 7) is 2.83. The van der Waals surface area contributed by atoms with Gasteiger partial charge in [-0.15, -0.1) is 12.4 Å². The Bertz CT molecular complexity index is 2160. The van der Waals surface area contributed by atoms with Crippen molar-refractivity contribution in [1.82, 2.24) is 10.2 Å². The van der Waals surface area contributed by atoms with Crippen LogP contribution in [0.25, 0.3) is 0 Å². The lowest BCUT2D eigenvalue weighted by atomic mass is 9.76. The van der Waals surface area contributed by atoms with E-state index in [2.05, 4.69) is 37.9 Å². The van der Waals surface area contributed by atoms with Crippen molar-refractivity contribution in [2.24, 2.45) is 9.98 Å². The third-order valence-corrected chi connectivity index (χ3v) is 10.9. The van der Waals surface area contributed by atoms with Gasteiger partial charge in [0.2, 0.25) is 11.8 Å². The van der Waals surface area contributed by atoms with Gasteiger partial charge >= 0.3 is 12.4 Å². The Morgan fingerprint density at radius 2 is 1.02 bits per heavy atom. The predicted octanol–water partition coefficient (Wildman–Crippen LogP) is 12.5. The number of carbonyl (C=O) groups is 2. The molecule has 0 saturated heterocycles. The summed E-state index contributed by atoms with van der Waals surface area (Å²) < 4.78 is 84.7. The summed E-state index contributed by atoms with van der Waals surface area (Å²) in [5.41, 5.74) is -0.570. The van der Waals surface area contributed by atoms with Gasteiger partial charge in [0.25, 0.3) is 0 Å². The van der Waals surface area contributed by atoms with Crippen molar-refractivity contribution in [3.8, 4) is 0 Å². The second-order valence-corrected chi connectivity index (χ2v) is 15.8. The molecule has 2 amide bonds. The van der Waals surface area contributed by atoms with E-state index in [-0.39, 0.29) is 68.3 Å². The second-order valence-electron chi connectivity index (χ2n) is 14.0. The number of rotatable bonds is 8. The number of aliphatic imine (C=N–C) groups is 2.